The minimum Gasteiger partial charge on any atom is -0.371 e. The lowest BCUT2D eigenvalue weighted by Crippen LogP contribution is -2.15. The molecule has 1 fully saturated rings. The number of hydrogen-bond acceptors (Lipinski definition) is 5. The first kappa shape index (κ1) is 8.26. The quantitative estimate of drug-likeness (QED) is 0.574. The van der Waals surface area contributed by atoms with Crippen LogP contribution in [0, 0.1) is 9.81 Å². The lowest BCUT2D eigenvalue weighted by molar-refractivity contribution is 0.0557. The smallest absolute Gasteiger partial charge is 0.107 e. The number of nitroso groups, excluding NO2 is 2. The van der Waals surface area contributed by atoms with E-state index in [4.69, 9.17) is 4.74 Å². The SMILES string of the molecule is O=NCC1CCC(CN=O)O1. The average molecular weight is 158 g/mol. The van der Waals surface area contributed by atoms with Crippen molar-refractivity contribution in [1.29, 1.82) is 0 Å². The van der Waals surface area contributed by atoms with Crippen LogP contribution in [0.25, 0.3) is 0 Å². The molecule has 0 radical (unpaired) electrons. The van der Waals surface area contributed by atoms with Crippen LogP contribution in [0.4, 0.5) is 0 Å². The molecule has 1 aliphatic rings. The van der Waals surface area contributed by atoms with Crippen molar-refractivity contribution in [3.05, 3.63) is 9.81 Å². The molecule has 11 heavy (non-hydrogen) atoms. The van der Waals surface area contributed by atoms with Gasteiger partial charge in [-0.25, -0.2) is 0 Å². The summed E-state index contributed by atoms with van der Waals surface area (Å²) in [4.78, 5) is 19.6. The van der Waals surface area contributed by atoms with Gasteiger partial charge in [-0.2, -0.15) is 9.81 Å². The maximum atomic E-state index is 9.81. The van der Waals surface area contributed by atoms with Gasteiger partial charge in [0.05, 0.1) is 12.2 Å². The Kier molecular flexibility index (Phi) is 3.10. The minimum absolute atomic E-state index is 0.0840. The first-order valence-electron chi connectivity index (χ1n) is 3.60. The summed E-state index contributed by atoms with van der Waals surface area (Å²) in [6, 6.07) is 0. The second-order valence-corrected chi connectivity index (χ2v) is 2.58. The monoisotopic (exact) mass is 158 g/mol. The van der Waals surface area contributed by atoms with E-state index in [9.17, 15) is 9.81 Å². The van der Waals surface area contributed by atoms with Crippen LogP contribution >= 0.6 is 0 Å². The van der Waals surface area contributed by atoms with Crippen LogP contribution < -0.4 is 0 Å². The summed E-state index contributed by atoms with van der Waals surface area (Å²) >= 11 is 0. The number of nitrogens with zero attached hydrogens (tertiary/aromatic N) is 2. The maximum Gasteiger partial charge on any atom is 0.107 e. The van der Waals surface area contributed by atoms with E-state index in [2.05, 4.69) is 10.4 Å². The molecular weight excluding hydrogens is 148 g/mol. The van der Waals surface area contributed by atoms with Crippen LogP contribution in [0.5, 0.6) is 0 Å². The van der Waals surface area contributed by atoms with Crippen LogP contribution in [0.1, 0.15) is 12.8 Å². The highest BCUT2D eigenvalue weighted by Crippen LogP contribution is 2.19. The molecule has 0 aromatic rings. The predicted molar refractivity (Wildman–Crippen MR) is 39.2 cm³/mol. The zero-order chi connectivity index (χ0) is 8.10. The maximum absolute atomic E-state index is 9.81. The Morgan fingerprint density at radius 3 is 1.91 bits per heavy atom. The molecule has 1 heterocycles. The molecule has 0 amide bonds. The third kappa shape index (κ3) is 2.34. The van der Waals surface area contributed by atoms with Gasteiger partial charge in [-0.05, 0) is 12.8 Å². The zero-order valence-corrected chi connectivity index (χ0v) is 6.10. The van der Waals surface area contributed by atoms with Gasteiger partial charge in [-0.3, -0.25) is 0 Å². The topological polar surface area (TPSA) is 68.1 Å². The van der Waals surface area contributed by atoms with E-state index in [0.29, 0.717) is 0 Å². The summed E-state index contributed by atoms with van der Waals surface area (Å²) in [5.41, 5.74) is 0. The van der Waals surface area contributed by atoms with Gasteiger partial charge in [0, 0.05) is 0 Å². The Bertz CT molecular complexity index is 135. The second-order valence-electron chi connectivity index (χ2n) is 2.58. The second kappa shape index (κ2) is 4.12. The Labute approximate surface area is 64.1 Å². The highest BCUT2D eigenvalue weighted by Gasteiger charge is 2.25. The number of rotatable bonds is 4. The third-order valence-corrected chi connectivity index (χ3v) is 1.75. The fraction of sp³-hybridized carbons (Fsp3) is 1.00. The summed E-state index contributed by atoms with van der Waals surface area (Å²) in [5, 5.41) is 5.46. The standard InChI is InChI=1S/C6H10N2O3/c9-7-3-5-1-2-6(11-5)4-8-10/h5-6H,1-4H2. The third-order valence-electron chi connectivity index (χ3n) is 1.75. The van der Waals surface area contributed by atoms with Gasteiger partial charge in [0.25, 0.3) is 0 Å². The molecule has 0 spiro atoms. The molecule has 5 nitrogen and oxygen atoms in total. The average Bonchev–Trinajstić information content (AvgIpc) is 2.38. The molecule has 0 aliphatic carbocycles. The van der Waals surface area contributed by atoms with Crippen molar-refractivity contribution in [2.75, 3.05) is 13.1 Å². The minimum atomic E-state index is -0.0840. The van der Waals surface area contributed by atoms with Gasteiger partial charge < -0.3 is 4.74 Å². The fourth-order valence-electron chi connectivity index (χ4n) is 1.21. The van der Waals surface area contributed by atoms with Gasteiger partial charge in [0.2, 0.25) is 0 Å². The molecule has 2 atom stereocenters. The molecule has 5 heteroatoms. The van der Waals surface area contributed by atoms with E-state index in [-0.39, 0.29) is 25.3 Å². The van der Waals surface area contributed by atoms with Crippen LogP contribution in [-0.2, 0) is 4.74 Å². The molecule has 2 unspecified atom stereocenters. The Morgan fingerprint density at radius 2 is 1.55 bits per heavy atom. The van der Waals surface area contributed by atoms with Crippen molar-refractivity contribution in [2.45, 2.75) is 25.0 Å². The first-order valence-corrected chi connectivity index (χ1v) is 3.60. The molecule has 1 rings (SSSR count). The first-order chi connectivity index (χ1) is 5.36. The van der Waals surface area contributed by atoms with E-state index >= 15 is 0 Å². The van der Waals surface area contributed by atoms with Gasteiger partial charge in [-0.1, -0.05) is 10.4 Å². The molecule has 0 saturated carbocycles. The summed E-state index contributed by atoms with van der Waals surface area (Å²) in [6.45, 7) is 0.380. The lowest BCUT2D eigenvalue weighted by atomic mass is 10.2. The molecule has 62 valence electrons. The molecule has 0 aromatic heterocycles. The normalized spacial score (nSPS) is 30.2. The van der Waals surface area contributed by atoms with Crippen molar-refractivity contribution in [2.24, 2.45) is 10.4 Å². The van der Waals surface area contributed by atoms with Crippen LogP contribution in [0.2, 0.25) is 0 Å². The number of ether oxygens (including phenoxy) is 1. The van der Waals surface area contributed by atoms with Gasteiger partial charge >= 0.3 is 0 Å². The van der Waals surface area contributed by atoms with Crippen molar-refractivity contribution in [3.63, 3.8) is 0 Å². The van der Waals surface area contributed by atoms with Crippen LogP contribution in [-0.4, -0.2) is 25.3 Å². The Balaban J connectivity index is 2.22. The van der Waals surface area contributed by atoms with E-state index in [1.807, 2.05) is 0 Å². The Hall–Kier alpha value is -0.840. The van der Waals surface area contributed by atoms with Gasteiger partial charge in [0.15, 0.2) is 0 Å². The molecule has 0 bridgehead atoms. The van der Waals surface area contributed by atoms with E-state index in [0.717, 1.165) is 12.8 Å². The van der Waals surface area contributed by atoms with Crippen LogP contribution in [0.15, 0.2) is 10.4 Å². The fourth-order valence-corrected chi connectivity index (χ4v) is 1.21. The van der Waals surface area contributed by atoms with E-state index in [1.165, 1.54) is 0 Å². The summed E-state index contributed by atoms with van der Waals surface area (Å²) in [5.74, 6) is 0. The molecule has 1 saturated heterocycles. The molecule has 0 aromatic carbocycles. The largest absolute Gasteiger partial charge is 0.371 e. The molecule has 0 N–H and O–H groups in total. The predicted octanol–water partition coefficient (Wildman–Crippen LogP) is 1.07. The van der Waals surface area contributed by atoms with Crippen molar-refractivity contribution >= 4 is 0 Å². The summed E-state index contributed by atoms with van der Waals surface area (Å²) in [7, 11) is 0. The van der Waals surface area contributed by atoms with E-state index < -0.39 is 0 Å². The van der Waals surface area contributed by atoms with Crippen LogP contribution in [0.3, 0.4) is 0 Å². The van der Waals surface area contributed by atoms with Gasteiger partial charge in [-0.15, -0.1) is 0 Å². The van der Waals surface area contributed by atoms with Gasteiger partial charge in [0.1, 0.15) is 13.1 Å². The zero-order valence-electron chi connectivity index (χ0n) is 6.10. The highest BCUT2D eigenvalue weighted by molar-refractivity contribution is 4.76. The van der Waals surface area contributed by atoms with E-state index in [1.54, 1.807) is 0 Å². The Morgan fingerprint density at radius 1 is 1.09 bits per heavy atom. The van der Waals surface area contributed by atoms with Crippen molar-refractivity contribution < 1.29 is 4.74 Å². The highest BCUT2D eigenvalue weighted by atomic mass is 16.5. The summed E-state index contributed by atoms with van der Waals surface area (Å²) in [6.07, 6.45) is 1.45. The lowest BCUT2D eigenvalue weighted by Gasteiger charge is -2.06. The van der Waals surface area contributed by atoms with Crippen molar-refractivity contribution in [3.8, 4) is 0 Å². The number of hydrogen-bond donors (Lipinski definition) is 0. The van der Waals surface area contributed by atoms with Crippen molar-refractivity contribution in [1.82, 2.24) is 0 Å². The molecular formula is C6H10N2O3. The summed E-state index contributed by atoms with van der Waals surface area (Å²) < 4.78 is 5.25. The molecule has 1 aliphatic heterocycles.